The maximum atomic E-state index is 10.6. The molecule has 6 heteroatoms. The smallest absolute Gasteiger partial charge is 0.312 e. The van der Waals surface area contributed by atoms with E-state index < -0.39 is 5.97 Å². The lowest BCUT2D eigenvalue weighted by Crippen LogP contribution is -2.16. The zero-order chi connectivity index (χ0) is 13.2. The van der Waals surface area contributed by atoms with Crippen molar-refractivity contribution >= 4 is 5.97 Å². The molecule has 0 saturated carbocycles. The summed E-state index contributed by atoms with van der Waals surface area (Å²) in [5, 5.41) is 12.6. The van der Waals surface area contributed by atoms with E-state index in [2.05, 4.69) is 10.1 Å². The van der Waals surface area contributed by atoms with Crippen LogP contribution in [0, 0.1) is 0 Å². The van der Waals surface area contributed by atoms with E-state index in [1.54, 1.807) is 0 Å². The van der Waals surface area contributed by atoms with E-state index in [-0.39, 0.29) is 18.2 Å². The summed E-state index contributed by atoms with van der Waals surface area (Å²) in [6, 6.07) is 7.71. The fourth-order valence-corrected chi connectivity index (χ4v) is 2.22. The first-order chi connectivity index (χ1) is 9.24. The number of para-hydroxylation sites is 1. The average Bonchev–Trinajstić information content (AvgIpc) is 2.85. The second-order valence-electron chi connectivity index (χ2n) is 4.34. The topological polar surface area (TPSA) is 85.5 Å². The van der Waals surface area contributed by atoms with Gasteiger partial charge >= 0.3 is 5.97 Å². The zero-order valence-electron chi connectivity index (χ0n) is 10.1. The Morgan fingerprint density at radius 1 is 1.42 bits per heavy atom. The summed E-state index contributed by atoms with van der Waals surface area (Å²) in [5.41, 5.74) is 1.01. The van der Waals surface area contributed by atoms with Gasteiger partial charge in [-0.05, 0) is 12.5 Å². The summed E-state index contributed by atoms with van der Waals surface area (Å²) in [6.45, 7) is 0.588. The largest absolute Gasteiger partial charge is 0.493 e. The van der Waals surface area contributed by atoms with E-state index in [9.17, 15) is 4.79 Å². The van der Waals surface area contributed by atoms with Gasteiger partial charge in [-0.1, -0.05) is 23.4 Å². The quantitative estimate of drug-likeness (QED) is 0.902. The monoisotopic (exact) mass is 260 g/mol. The molecule has 1 aliphatic heterocycles. The zero-order valence-corrected chi connectivity index (χ0v) is 10.1. The highest BCUT2D eigenvalue weighted by molar-refractivity contribution is 5.68. The van der Waals surface area contributed by atoms with Crippen molar-refractivity contribution in [3.8, 4) is 5.75 Å². The number of carboxylic acid groups (broad SMARTS) is 1. The van der Waals surface area contributed by atoms with Gasteiger partial charge in [0.1, 0.15) is 12.2 Å². The molecule has 0 saturated heterocycles. The van der Waals surface area contributed by atoms with Gasteiger partial charge < -0.3 is 14.4 Å². The van der Waals surface area contributed by atoms with Crippen LogP contribution < -0.4 is 4.74 Å². The predicted octanol–water partition coefficient (Wildman–Crippen LogP) is 1.61. The van der Waals surface area contributed by atoms with Crippen LogP contribution in [0.15, 0.2) is 28.8 Å². The number of nitrogens with zero attached hydrogens (tertiary/aromatic N) is 2. The number of rotatable bonds is 3. The third kappa shape index (κ3) is 2.29. The van der Waals surface area contributed by atoms with E-state index in [0.717, 1.165) is 17.7 Å². The summed E-state index contributed by atoms with van der Waals surface area (Å²) < 4.78 is 10.5. The van der Waals surface area contributed by atoms with Crippen molar-refractivity contribution in [1.29, 1.82) is 0 Å². The van der Waals surface area contributed by atoms with E-state index in [0.29, 0.717) is 12.4 Å². The van der Waals surface area contributed by atoms with Crippen LogP contribution in [0.4, 0.5) is 0 Å². The van der Waals surface area contributed by atoms with Crippen LogP contribution in [0.3, 0.4) is 0 Å². The maximum absolute atomic E-state index is 10.6. The van der Waals surface area contributed by atoms with Crippen LogP contribution in [0.1, 0.15) is 29.6 Å². The van der Waals surface area contributed by atoms with E-state index in [1.165, 1.54) is 0 Å². The molecule has 19 heavy (non-hydrogen) atoms. The molecule has 1 aromatic heterocycles. The lowest BCUT2D eigenvalue weighted by molar-refractivity contribution is -0.136. The third-order valence-corrected chi connectivity index (χ3v) is 3.06. The van der Waals surface area contributed by atoms with Gasteiger partial charge in [-0.3, -0.25) is 4.79 Å². The van der Waals surface area contributed by atoms with Crippen LogP contribution in [-0.4, -0.2) is 27.8 Å². The average molecular weight is 260 g/mol. The normalized spacial score (nSPS) is 17.6. The van der Waals surface area contributed by atoms with Crippen LogP contribution in [0.5, 0.6) is 5.75 Å². The number of carboxylic acids is 1. The molecular formula is C13H12N2O4. The molecule has 1 N–H and O–H groups in total. The van der Waals surface area contributed by atoms with E-state index >= 15 is 0 Å². The van der Waals surface area contributed by atoms with Gasteiger partial charge in [0, 0.05) is 5.56 Å². The minimum absolute atomic E-state index is 0.00348. The van der Waals surface area contributed by atoms with Gasteiger partial charge in [-0.15, -0.1) is 0 Å². The molecule has 0 fully saturated rings. The lowest BCUT2D eigenvalue weighted by Gasteiger charge is -2.23. The number of aliphatic carboxylic acids is 1. The number of carbonyl (C=O) groups is 1. The van der Waals surface area contributed by atoms with Crippen molar-refractivity contribution in [1.82, 2.24) is 10.1 Å². The molecule has 0 bridgehead atoms. The molecular weight excluding hydrogens is 248 g/mol. The standard InChI is InChI=1S/C13H12N2O4/c16-12(17)7-11-14-13(15-19-11)9-5-6-18-10-4-2-1-3-8(9)10/h1-4,9H,5-7H2,(H,16,17). The number of ether oxygens (including phenoxy) is 1. The summed E-state index contributed by atoms with van der Waals surface area (Å²) in [4.78, 5) is 14.8. The van der Waals surface area contributed by atoms with Gasteiger partial charge in [0.15, 0.2) is 5.82 Å². The number of hydrogen-bond acceptors (Lipinski definition) is 5. The highest BCUT2D eigenvalue weighted by Gasteiger charge is 2.27. The molecule has 6 nitrogen and oxygen atoms in total. The second kappa shape index (κ2) is 4.72. The summed E-state index contributed by atoms with van der Waals surface area (Å²) in [6.07, 6.45) is 0.501. The predicted molar refractivity (Wildman–Crippen MR) is 64.0 cm³/mol. The molecule has 98 valence electrons. The highest BCUT2D eigenvalue weighted by Crippen LogP contribution is 2.36. The first kappa shape index (κ1) is 11.7. The molecule has 3 rings (SSSR count). The number of hydrogen-bond donors (Lipinski definition) is 1. The van der Waals surface area contributed by atoms with Gasteiger partial charge in [0.2, 0.25) is 5.89 Å². The molecule has 2 heterocycles. The molecule has 0 amide bonds. The van der Waals surface area contributed by atoms with Gasteiger partial charge in [-0.25, -0.2) is 0 Å². The van der Waals surface area contributed by atoms with Crippen LogP contribution in [-0.2, 0) is 11.2 Å². The third-order valence-electron chi connectivity index (χ3n) is 3.06. The summed E-state index contributed by atoms with van der Waals surface area (Å²) >= 11 is 0. The van der Waals surface area contributed by atoms with Crippen molar-refractivity contribution in [3.63, 3.8) is 0 Å². The van der Waals surface area contributed by atoms with Crippen LogP contribution >= 0.6 is 0 Å². The Morgan fingerprint density at radius 3 is 3.11 bits per heavy atom. The molecule has 1 atom stereocenters. The van der Waals surface area contributed by atoms with Crippen molar-refractivity contribution in [2.24, 2.45) is 0 Å². The van der Waals surface area contributed by atoms with Crippen molar-refractivity contribution < 1.29 is 19.2 Å². The van der Waals surface area contributed by atoms with Crippen molar-refractivity contribution in [3.05, 3.63) is 41.5 Å². The van der Waals surface area contributed by atoms with E-state index in [4.69, 9.17) is 14.4 Å². The highest BCUT2D eigenvalue weighted by atomic mass is 16.5. The first-order valence-corrected chi connectivity index (χ1v) is 6.00. The Morgan fingerprint density at radius 2 is 2.26 bits per heavy atom. The lowest BCUT2D eigenvalue weighted by atomic mass is 9.92. The number of aromatic nitrogens is 2. The SMILES string of the molecule is O=C(O)Cc1nc(C2CCOc3ccccc32)no1. The summed E-state index contributed by atoms with van der Waals surface area (Å²) in [5.74, 6) is 0.487. The van der Waals surface area contributed by atoms with Crippen molar-refractivity contribution in [2.75, 3.05) is 6.61 Å². The first-order valence-electron chi connectivity index (χ1n) is 6.00. The van der Waals surface area contributed by atoms with Gasteiger partial charge in [-0.2, -0.15) is 4.98 Å². The molecule has 0 radical (unpaired) electrons. The Bertz CT molecular complexity index is 608. The maximum Gasteiger partial charge on any atom is 0.312 e. The van der Waals surface area contributed by atoms with Crippen LogP contribution in [0.2, 0.25) is 0 Å². The Kier molecular flexibility index (Phi) is 2.91. The molecule has 1 aromatic carbocycles. The Labute approximate surface area is 109 Å². The summed E-state index contributed by atoms with van der Waals surface area (Å²) in [7, 11) is 0. The van der Waals surface area contributed by atoms with Crippen LogP contribution in [0.25, 0.3) is 0 Å². The Hall–Kier alpha value is -2.37. The molecule has 1 unspecified atom stereocenters. The minimum atomic E-state index is -0.984. The number of fused-ring (bicyclic) bond motifs is 1. The van der Waals surface area contributed by atoms with Crippen molar-refractivity contribution in [2.45, 2.75) is 18.8 Å². The molecule has 2 aromatic rings. The van der Waals surface area contributed by atoms with Gasteiger partial charge in [0.25, 0.3) is 0 Å². The fourth-order valence-electron chi connectivity index (χ4n) is 2.22. The molecule has 1 aliphatic rings. The Balaban J connectivity index is 1.91. The van der Waals surface area contributed by atoms with E-state index in [1.807, 2.05) is 24.3 Å². The minimum Gasteiger partial charge on any atom is -0.493 e. The molecule has 0 aliphatic carbocycles. The van der Waals surface area contributed by atoms with Gasteiger partial charge in [0.05, 0.1) is 12.5 Å². The number of benzene rings is 1. The molecule has 0 spiro atoms. The fraction of sp³-hybridized carbons (Fsp3) is 0.308. The second-order valence-corrected chi connectivity index (χ2v) is 4.34.